The summed E-state index contributed by atoms with van der Waals surface area (Å²) in [7, 11) is -2.34. The molecule has 0 aliphatic carbocycles. The molecule has 1 aliphatic rings. The smallest absolute Gasteiger partial charge is 0.246 e. The molecule has 1 saturated heterocycles. The number of aromatic nitrogens is 2. The van der Waals surface area contributed by atoms with E-state index >= 15 is 0 Å². The molecular weight excluding hydrogens is 464 g/mol. The Hall–Kier alpha value is -2.60. The lowest BCUT2D eigenvalue weighted by atomic mass is 10.2. The van der Waals surface area contributed by atoms with E-state index in [2.05, 4.69) is 15.3 Å². The van der Waals surface area contributed by atoms with Gasteiger partial charge in [-0.05, 0) is 36.8 Å². The molecule has 1 fully saturated rings. The highest BCUT2D eigenvalue weighted by Gasteiger charge is 2.29. The monoisotopic (exact) mass is 490 g/mol. The number of para-hydroxylation sites is 2. The highest BCUT2D eigenvalue weighted by atomic mass is 32.2. The molecule has 0 saturated carbocycles. The highest BCUT2D eigenvalue weighted by Crippen LogP contribution is 2.30. The Labute approximate surface area is 196 Å². The van der Waals surface area contributed by atoms with Crippen LogP contribution in [-0.4, -0.2) is 67.8 Å². The summed E-state index contributed by atoms with van der Waals surface area (Å²) in [5.74, 6) is 0.786. The first-order valence-electron chi connectivity index (χ1n) is 10.6. The molecule has 0 atom stereocenters. The number of fused-ring (bicyclic) bond motifs is 1. The number of methoxy groups -OCH3 is 1. The molecule has 0 spiro atoms. The van der Waals surface area contributed by atoms with Gasteiger partial charge in [0.15, 0.2) is 5.16 Å². The molecule has 4 rings (SSSR count). The number of H-pyrrole nitrogens is 1. The Bertz CT molecular complexity index is 1190. The summed E-state index contributed by atoms with van der Waals surface area (Å²) in [6.45, 7) is 1.27. The van der Waals surface area contributed by atoms with Crippen molar-refractivity contribution in [3.8, 4) is 5.75 Å². The van der Waals surface area contributed by atoms with E-state index < -0.39 is 10.0 Å². The number of carbonyl (C=O) groups is 1. The minimum Gasteiger partial charge on any atom is -0.495 e. The summed E-state index contributed by atoms with van der Waals surface area (Å²) >= 11 is 1.56. The molecule has 1 amide bonds. The van der Waals surface area contributed by atoms with Crippen LogP contribution in [-0.2, 0) is 19.6 Å². The van der Waals surface area contributed by atoms with Crippen LogP contribution in [0.1, 0.15) is 12.8 Å². The van der Waals surface area contributed by atoms with Crippen LogP contribution < -0.4 is 10.1 Å². The fraction of sp³-hybridized carbons (Fsp3) is 0.364. The number of nitrogens with zero attached hydrogens (tertiary/aromatic N) is 2. The molecular formula is C22H26N4O5S2. The Morgan fingerprint density at radius 2 is 2.03 bits per heavy atom. The largest absolute Gasteiger partial charge is 0.495 e. The lowest BCUT2D eigenvalue weighted by molar-refractivity contribution is -0.116. The predicted molar refractivity (Wildman–Crippen MR) is 127 cm³/mol. The number of benzene rings is 2. The van der Waals surface area contributed by atoms with Gasteiger partial charge < -0.3 is 19.8 Å². The summed E-state index contributed by atoms with van der Waals surface area (Å²) in [4.78, 5) is 20.2. The average Bonchev–Trinajstić information content (AvgIpc) is 3.25. The van der Waals surface area contributed by atoms with Crippen LogP contribution in [0.4, 0.5) is 5.69 Å². The fourth-order valence-corrected chi connectivity index (χ4v) is 5.92. The van der Waals surface area contributed by atoms with Crippen LogP contribution in [0.5, 0.6) is 5.75 Å². The van der Waals surface area contributed by atoms with E-state index in [9.17, 15) is 13.2 Å². The number of morpholine rings is 1. The molecule has 2 heterocycles. The van der Waals surface area contributed by atoms with Gasteiger partial charge in [-0.25, -0.2) is 13.4 Å². The third kappa shape index (κ3) is 5.67. The lowest BCUT2D eigenvalue weighted by Gasteiger charge is -2.26. The van der Waals surface area contributed by atoms with E-state index in [1.54, 1.807) is 23.9 Å². The molecule has 0 unspecified atom stereocenters. The molecule has 1 aromatic heterocycles. The third-order valence-corrected chi connectivity index (χ3v) is 8.07. The van der Waals surface area contributed by atoms with Crippen molar-refractivity contribution in [1.82, 2.24) is 14.3 Å². The number of ether oxygens (including phenoxy) is 2. The fourth-order valence-electron chi connectivity index (χ4n) is 3.50. The lowest BCUT2D eigenvalue weighted by Crippen LogP contribution is -2.40. The maximum absolute atomic E-state index is 13.1. The van der Waals surface area contributed by atoms with Gasteiger partial charge in [-0.3, -0.25) is 4.79 Å². The maximum atomic E-state index is 13.1. The number of anilines is 1. The SMILES string of the molecule is COc1ccc(NC(=O)CCCSc2nc3ccccc3[nH]2)cc1S(=O)(=O)N1CCOCC1. The zero-order chi connectivity index (χ0) is 23.3. The minimum absolute atomic E-state index is 0.0325. The first-order valence-corrected chi connectivity index (χ1v) is 13.0. The van der Waals surface area contributed by atoms with E-state index in [0.29, 0.717) is 31.7 Å². The van der Waals surface area contributed by atoms with Gasteiger partial charge in [0, 0.05) is 31.0 Å². The van der Waals surface area contributed by atoms with Crippen molar-refractivity contribution in [1.29, 1.82) is 0 Å². The Morgan fingerprint density at radius 3 is 2.79 bits per heavy atom. The zero-order valence-electron chi connectivity index (χ0n) is 18.2. The molecule has 3 aromatic rings. The number of hydrogen-bond acceptors (Lipinski definition) is 7. The van der Waals surface area contributed by atoms with Gasteiger partial charge in [0.1, 0.15) is 10.6 Å². The normalized spacial score (nSPS) is 14.9. The van der Waals surface area contributed by atoms with Crippen molar-refractivity contribution >= 4 is 44.4 Å². The third-order valence-electron chi connectivity index (χ3n) is 5.19. The van der Waals surface area contributed by atoms with Gasteiger partial charge in [-0.2, -0.15) is 4.31 Å². The number of nitrogens with one attached hydrogen (secondary N) is 2. The second-order valence-corrected chi connectivity index (χ2v) is 10.4. The number of imidazole rings is 1. The Kier molecular flexibility index (Phi) is 7.53. The van der Waals surface area contributed by atoms with Crippen LogP contribution in [0.3, 0.4) is 0 Å². The van der Waals surface area contributed by atoms with E-state index in [1.807, 2.05) is 24.3 Å². The van der Waals surface area contributed by atoms with Gasteiger partial charge in [0.05, 0.1) is 31.4 Å². The summed E-state index contributed by atoms with van der Waals surface area (Å²) < 4.78 is 38.0. The molecule has 2 aromatic carbocycles. The van der Waals surface area contributed by atoms with Crippen LogP contribution >= 0.6 is 11.8 Å². The highest BCUT2D eigenvalue weighted by molar-refractivity contribution is 7.99. The molecule has 176 valence electrons. The maximum Gasteiger partial charge on any atom is 0.246 e. The quantitative estimate of drug-likeness (QED) is 0.350. The van der Waals surface area contributed by atoms with Gasteiger partial charge in [0.25, 0.3) is 0 Å². The van der Waals surface area contributed by atoms with Gasteiger partial charge in [-0.1, -0.05) is 23.9 Å². The zero-order valence-corrected chi connectivity index (χ0v) is 19.9. The van der Waals surface area contributed by atoms with Gasteiger partial charge in [0.2, 0.25) is 15.9 Å². The molecule has 1 aliphatic heterocycles. The van der Waals surface area contributed by atoms with Crippen molar-refractivity contribution in [3.63, 3.8) is 0 Å². The summed E-state index contributed by atoms with van der Waals surface area (Å²) in [5, 5.41) is 3.62. The molecule has 11 heteroatoms. The number of rotatable bonds is 9. The van der Waals surface area contributed by atoms with E-state index in [4.69, 9.17) is 9.47 Å². The van der Waals surface area contributed by atoms with Crippen molar-refractivity contribution in [3.05, 3.63) is 42.5 Å². The van der Waals surface area contributed by atoms with Gasteiger partial charge >= 0.3 is 0 Å². The molecule has 0 radical (unpaired) electrons. The Morgan fingerprint density at radius 1 is 1.24 bits per heavy atom. The van der Waals surface area contributed by atoms with Crippen molar-refractivity contribution in [2.24, 2.45) is 0 Å². The molecule has 0 bridgehead atoms. The molecule has 9 nitrogen and oxygen atoms in total. The summed E-state index contributed by atoms with van der Waals surface area (Å²) in [6.07, 6.45) is 0.966. The summed E-state index contributed by atoms with van der Waals surface area (Å²) in [5.41, 5.74) is 2.32. The van der Waals surface area contributed by atoms with Crippen molar-refractivity contribution < 1.29 is 22.7 Å². The minimum atomic E-state index is -3.76. The number of thioether (sulfide) groups is 1. The second-order valence-electron chi connectivity index (χ2n) is 7.44. The predicted octanol–water partition coefficient (Wildman–Crippen LogP) is 3.10. The molecule has 33 heavy (non-hydrogen) atoms. The standard InChI is InChI=1S/C22H26N4O5S2/c1-30-19-9-8-16(15-20(19)33(28,29)26-10-12-31-13-11-26)23-21(27)7-4-14-32-22-24-17-5-2-3-6-18(17)25-22/h2-3,5-6,8-9,15H,4,7,10-14H2,1H3,(H,23,27)(H,24,25). The average molecular weight is 491 g/mol. The van der Waals surface area contributed by atoms with Crippen molar-refractivity contribution in [2.45, 2.75) is 22.9 Å². The van der Waals surface area contributed by atoms with E-state index in [0.717, 1.165) is 21.9 Å². The number of aromatic amines is 1. The number of carbonyl (C=O) groups excluding carboxylic acids is 1. The number of amides is 1. The molecule has 2 N–H and O–H groups in total. The first kappa shape index (κ1) is 23.6. The number of sulfonamides is 1. The summed E-state index contributed by atoms with van der Waals surface area (Å²) in [6, 6.07) is 12.5. The van der Waals surface area contributed by atoms with E-state index in [1.165, 1.54) is 17.5 Å². The Balaban J connectivity index is 1.34. The second kappa shape index (κ2) is 10.6. The van der Waals surface area contributed by atoms with Crippen molar-refractivity contribution in [2.75, 3.05) is 44.5 Å². The van der Waals surface area contributed by atoms with Crippen LogP contribution in [0.2, 0.25) is 0 Å². The van der Waals surface area contributed by atoms with Gasteiger partial charge in [-0.15, -0.1) is 0 Å². The van der Waals surface area contributed by atoms with E-state index in [-0.39, 0.29) is 29.6 Å². The van der Waals surface area contributed by atoms with Crippen LogP contribution in [0.15, 0.2) is 52.5 Å². The van der Waals surface area contributed by atoms with Crippen LogP contribution in [0.25, 0.3) is 11.0 Å². The topological polar surface area (TPSA) is 114 Å². The van der Waals surface area contributed by atoms with Crippen LogP contribution in [0, 0.1) is 0 Å². The number of hydrogen-bond donors (Lipinski definition) is 2. The first-order chi connectivity index (χ1) is 16.0.